The standard InChI is InChI=1S/C39H39BrO13/c1-15-12-25(17(3)18(4)27(15)36(45)52-34-22(8)19(5)28(35(43)44)23(9)33(34)50-11)51-37(46)29-20(6)21(7)32(30(40)31(29)42)53-38(47)39(48)16(2)13-24(41)14-26(39)49-10/h12-14,42,48H,1-11H3,(H,43,44)/t39-/m1/s1. The van der Waals surface area contributed by atoms with Gasteiger partial charge in [-0.1, -0.05) is 0 Å². The number of rotatable bonds is 9. The SMILES string of the molecule is COC1=CC(=O)C=C(C)[C@]1(O)C(=O)Oc1c(C)c(C)c(C(=O)Oc2cc(C)c(C(=O)Oc3c(C)c(C)c(C(=O)O)c(C)c3OC)c(C)c2C)c(O)c1Br. The summed E-state index contributed by atoms with van der Waals surface area (Å²) in [6.45, 7) is 14.1. The molecule has 1 aliphatic carbocycles. The molecule has 0 fully saturated rings. The lowest BCUT2D eigenvalue weighted by molar-refractivity contribution is -0.151. The molecule has 0 amide bonds. The van der Waals surface area contributed by atoms with Crippen molar-refractivity contribution in [3.8, 4) is 28.7 Å². The molecule has 0 saturated carbocycles. The van der Waals surface area contributed by atoms with Crippen LogP contribution in [-0.4, -0.2) is 64.8 Å². The van der Waals surface area contributed by atoms with Crippen molar-refractivity contribution in [1.29, 1.82) is 0 Å². The molecule has 4 rings (SSSR count). The number of carboxylic acid groups (broad SMARTS) is 1. The van der Waals surface area contributed by atoms with Gasteiger partial charge in [-0.3, -0.25) is 4.79 Å². The highest BCUT2D eigenvalue weighted by Gasteiger charge is 2.48. The van der Waals surface area contributed by atoms with Crippen molar-refractivity contribution >= 4 is 45.6 Å². The molecule has 0 bridgehead atoms. The van der Waals surface area contributed by atoms with Crippen molar-refractivity contribution in [2.24, 2.45) is 0 Å². The van der Waals surface area contributed by atoms with E-state index < -0.39 is 41.0 Å². The van der Waals surface area contributed by atoms with Crippen molar-refractivity contribution in [3.05, 3.63) is 95.2 Å². The molecule has 0 saturated heterocycles. The van der Waals surface area contributed by atoms with Crippen LogP contribution >= 0.6 is 15.9 Å². The van der Waals surface area contributed by atoms with Crippen LogP contribution in [0.5, 0.6) is 28.7 Å². The first-order valence-electron chi connectivity index (χ1n) is 16.1. The second-order valence-corrected chi connectivity index (χ2v) is 13.5. The first kappa shape index (κ1) is 40.3. The summed E-state index contributed by atoms with van der Waals surface area (Å²) in [5.41, 5.74) is 0.308. The van der Waals surface area contributed by atoms with Gasteiger partial charge < -0.3 is 39.0 Å². The molecule has 1 aliphatic rings. The predicted octanol–water partition coefficient (Wildman–Crippen LogP) is 6.46. The van der Waals surface area contributed by atoms with Gasteiger partial charge in [0.2, 0.25) is 5.60 Å². The number of halogens is 1. The Kier molecular flexibility index (Phi) is 11.3. The van der Waals surface area contributed by atoms with Crippen LogP contribution in [0.2, 0.25) is 0 Å². The average Bonchev–Trinajstić information content (AvgIpc) is 3.08. The van der Waals surface area contributed by atoms with Crippen molar-refractivity contribution in [2.75, 3.05) is 14.2 Å². The Hall–Kier alpha value is -5.47. The van der Waals surface area contributed by atoms with Gasteiger partial charge in [-0.2, -0.15) is 0 Å². The van der Waals surface area contributed by atoms with Gasteiger partial charge in [0.1, 0.15) is 27.3 Å². The van der Waals surface area contributed by atoms with Crippen LogP contribution in [0.4, 0.5) is 0 Å². The molecule has 0 unspecified atom stereocenters. The molecule has 14 heteroatoms. The summed E-state index contributed by atoms with van der Waals surface area (Å²) in [4.78, 5) is 64.6. The number of aryl methyl sites for hydroxylation is 1. The number of ketones is 1. The number of allylic oxidation sites excluding steroid dienone is 2. The molecular formula is C39H39BrO13. The molecule has 1 atom stereocenters. The minimum atomic E-state index is -2.44. The van der Waals surface area contributed by atoms with Crippen LogP contribution in [0.15, 0.2) is 34.0 Å². The molecule has 3 aromatic carbocycles. The van der Waals surface area contributed by atoms with E-state index in [1.165, 1.54) is 41.1 Å². The largest absolute Gasteiger partial charge is 0.506 e. The summed E-state index contributed by atoms with van der Waals surface area (Å²) < 4.78 is 27.5. The molecule has 0 aromatic heterocycles. The molecular weight excluding hydrogens is 756 g/mol. The van der Waals surface area contributed by atoms with Crippen molar-refractivity contribution in [2.45, 2.75) is 67.9 Å². The summed E-state index contributed by atoms with van der Waals surface area (Å²) in [5.74, 6) is -5.45. The quantitative estimate of drug-likeness (QED) is 0.158. The molecule has 53 heavy (non-hydrogen) atoms. The first-order valence-corrected chi connectivity index (χ1v) is 16.9. The average molecular weight is 796 g/mol. The number of methoxy groups -OCH3 is 2. The van der Waals surface area contributed by atoms with Crippen LogP contribution < -0.4 is 18.9 Å². The number of esters is 3. The zero-order valence-corrected chi connectivity index (χ0v) is 32.6. The number of carbonyl (C=O) groups excluding carboxylic acids is 4. The van der Waals surface area contributed by atoms with E-state index in [0.717, 1.165) is 12.2 Å². The summed E-state index contributed by atoms with van der Waals surface area (Å²) >= 11 is 3.20. The Labute approximate surface area is 313 Å². The summed E-state index contributed by atoms with van der Waals surface area (Å²) in [5, 5.41) is 32.2. The van der Waals surface area contributed by atoms with E-state index in [0.29, 0.717) is 33.4 Å². The molecule has 3 N–H and O–H groups in total. The molecule has 0 radical (unpaired) electrons. The van der Waals surface area contributed by atoms with Crippen molar-refractivity contribution in [3.63, 3.8) is 0 Å². The molecule has 13 nitrogen and oxygen atoms in total. The smallest absolute Gasteiger partial charge is 0.356 e. The Morgan fingerprint density at radius 3 is 1.77 bits per heavy atom. The minimum Gasteiger partial charge on any atom is -0.506 e. The Morgan fingerprint density at radius 2 is 1.21 bits per heavy atom. The fourth-order valence-corrected chi connectivity index (χ4v) is 6.83. The molecule has 0 aliphatic heterocycles. The van der Waals surface area contributed by atoms with E-state index in [4.69, 9.17) is 23.7 Å². The Balaban J connectivity index is 1.67. The van der Waals surface area contributed by atoms with Gasteiger partial charge >= 0.3 is 23.9 Å². The topological polar surface area (TPSA) is 192 Å². The van der Waals surface area contributed by atoms with Gasteiger partial charge in [-0.05, 0) is 135 Å². The number of hydrogen-bond acceptors (Lipinski definition) is 12. The van der Waals surface area contributed by atoms with E-state index in [-0.39, 0.29) is 66.6 Å². The second kappa shape index (κ2) is 14.9. The lowest BCUT2D eigenvalue weighted by Crippen LogP contribution is -2.47. The third-order valence-electron chi connectivity index (χ3n) is 9.66. The number of carboxylic acids is 1. The number of aromatic carboxylic acids is 1. The number of phenolic OH excluding ortho intramolecular Hbond substituents is 1. The highest BCUT2D eigenvalue weighted by molar-refractivity contribution is 9.10. The second-order valence-electron chi connectivity index (χ2n) is 12.7. The van der Waals surface area contributed by atoms with Gasteiger partial charge in [0, 0.05) is 11.6 Å². The third-order valence-corrected chi connectivity index (χ3v) is 10.4. The van der Waals surface area contributed by atoms with Gasteiger partial charge in [-0.15, -0.1) is 0 Å². The molecule has 280 valence electrons. The van der Waals surface area contributed by atoms with Gasteiger partial charge in [0.25, 0.3) is 0 Å². The van der Waals surface area contributed by atoms with Crippen LogP contribution in [0.25, 0.3) is 0 Å². The minimum absolute atomic E-state index is 0.0450. The zero-order chi connectivity index (χ0) is 40.0. The third kappa shape index (κ3) is 6.79. The number of carbonyl (C=O) groups is 5. The number of benzene rings is 3. The predicted molar refractivity (Wildman–Crippen MR) is 194 cm³/mol. The lowest BCUT2D eigenvalue weighted by atomic mass is 9.87. The Bertz CT molecular complexity index is 2180. The van der Waals surface area contributed by atoms with Crippen LogP contribution in [-0.2, 0) is 14.3 Å². The maximum Gasteiger partial charge on any atom is 0.356 e. The fourth-order valence-electron chi connectivity index (χ4n) is 6.25. The van der Waals surface area contributed by atoms with Crippen LogP contribution in [0, 0.1) is 55.4 Å². The molecule has 3 aromatic rings. The van der Waals surface area contributed by atoms with E-state index in [1.54, 1.807) is 41.5 Å². The normalized spacial score (nSPS) is 15.3. The van der Waals surface area contributed by atoms with Gasteiger partial charge in [0.15, 0.2) is 23.0 Å². The maximum atomic E-state index is 13.7. The summed E-state index contributed by atoms with van der Waals surface area (Å²) in [7, 11) is 2.53. The Morgan fingerprint density at radius 1 is 0.660 bits per heavy atom. The van der Waals surface area contributed by atoms with Crippen LogP contribution in [0.1, 0.15) is 82.5 Å². The first-order chi connectivity index (χ1) is 24.6. The molecule has 0 spiro atoms. The number of hydrogen-bond donors (Lipinski definition) is 3. The van der Waals surface area contributed by atoms with Crippen molar-refractivity contribution in [1.82, 2.24) is 0 Å². The summed E-state index contributed by atoms with van der Waals surface area (Å²) in [6.07, 6.45) is 2.02. The van der Waals surface area contributed by atoms with Gasteiger partial charge in [-0.25, -0.2) is 19.2 Å². The monoisotopic (exact) mass is 794 g/mol. The highest BCUT2D eigenvalue weighted by Crippen LogP contribution is 2.45. The summed E-state index contributed by atoms with van der Waals surface area (Å²) in [6, 6.07) is 1.47. The van der Waals surface area contributed by atoms with E-state index in [1.807, 2.05) is 0 Å². The van der Waals surface area contributed by atoms with Crippen molar-refractivity contribution < 1.29 is 63.0 Å². The van der Waals surface area contributed by atoms with Crippen LogP contribution in [0.3, 0.4) is 0 Å². The number of aromatic hydroxyl groups is 1. The zero-order valence-electron chi connectivity index (χ0n) is 31.0. The number of ether oxygens (including phenoxy) is 5. The number of aliphatic hydroxyl groups is 1. The van der Waals surface area contributed by atoms with E-state index >= 15 is 0 Å². The lowest BCUT2D eigenvalue weighted by Gasteiger charge is -2.30. The van der Waals surface area contributed by atoms with E-state index in [2.05, 4.69) is 15.9 Å². The fraction of sp³-hybridized carbons (Fsp3) is 0.308. The highest BCUT2D eigenvalue weighted by atomic mass is 79.9. The maximum absolute atomic E-state index is 13.7. The number of phenols is 1. The molecule has 0 heterocycles. The van der Waals surface area contributed by atoms with E-state index in [9.17, 15) is 39.3 Å². The van der Waals surface area contributed by atoms with Gasteiger partial charge in [0.05, 0.1) is 25.3 Å².